The molecular formula is C20H14F2N2O3S. The highest BCUT2D eigenvalue weighted by Gasteiger charge is 2.19. The molecule has 0 saturated heterocycles. The van der Waals surface area contributed by atoms with E-state index in [1.54, 1.807) is 29.6 Å². The van der Waals surface area contributed by atoms with Gasteiger partial charge in [0.25, 0.3) is 5.91 Å². The van der Waals surface area contributed by atoms with E-state index < -0.39 is 12.5 Å². The first-order valence-corrected chi connectivity index (χ1v) is 9.20. The smallest absolute Gasteiger partial charge is 0.387 e. The third kappa shape index (κ3) is 3.46. The van der Waals surface area contributed by atoms with Crippen molar-refractivity contribution in [3.63, 3.8) is 0 Å². The Labute approximate surface area is 162 Å². The quantitative estimate of drug-likeness (QED) is 0.465. The molecule has 0 aliphatic heterocycles. The van der Waals surface area contributed by atoms with Crippen molar-refractivity contribution in [2.75, 3.05) is 5.32 Å². The van der Waals surface area contributed by atoms with Crippen LogP contribution in [0.5, 0.6) is 5.75 Å². The van der Waals surface area contributed by atoms with Crippen molar-refractivity contribution < 1.29 is 22.7 Å². The number of rotatable bonds is 5. The maximum absolute atomic E-state index is 12.6. The van der Waals surface area contributed by atoms with Crippen LogP contribution < -0.4 is 10.1 Å². The lowest BCUT2D eigenvalue weighted by Gasteiger charge is -2.08. The lowest BCUT2D eigenvalue weighted by atomic mass is 10.1. The Balaban J connectivity index is 1.58. The average Bonchev–Trinajstić information content (AvgIpc) is 3.27. The number of hydrogen-bond acceptors (Lipinski definition) is 5. The number of para-hydroxylation sites is 2. The normalized spacial score (nSPS) is 11.1. The Morgan fingerprint density at radius 2 is 1.93 bits per heavy atom. The summed E-state index contributed by atoms with van der Waals surface area (Å²) in [6.45, 7) is -1.12. The lowest BCUT2D eigenvalue weighted by Crippen LogP contribution is -2.11. The summed E-state index contributed by atoms with van der Waals surface area (Å²) < 4.78 is 35.4. The Morgan fingerprint density at radius 3 is 2.71 bits per heavy atom. The summed E-state index contributed by atoms with van der Waals surface area (Å²) in [5.41, 5.74) is 2.21. The molecule has 1 N–H and O–H groups in total. The number of ether oxygens (including phenoxy) is 1. The van der Waals surface area contributed by atoms with Crippen molar-refractivity contribution in [2.24, 2.45) is 0 Å². The summed E-state index contributed by atoms with van der Waals surface area (Å²) >= 11 is 1.18. The predicted molar refractivity (Wildman–Crippen MR) is 103 cm³/mol. The number of nitrogens with zero attached hydrogens (tertiary/aromatic N) is 1. The van der Waals surface area contributed by atoms with E-state index in [1.807, 2.05) is 25.1 Å². The Kier molecular flexibility index (Phi) is 4.79. The monoisotopic (exact) mass is 400 g/mol. The molecule has 2 aromatic heterocycles. The first kappa shape index (κ1) is 18.1. The molecular weight excluding hydrogens is 386 g/mol. The van der Waals surface area contributed by atoms with Gasteiger partial charge in [-0.2, -0.15) is 8.78 Å². The number of alkyl halides is 2. The van der Waals surface area contributed by atoms with Crippen LogP contribution in [0.2, 0.25) is 0 Å². The summed E-state index contributed by atoms with van der Waals surface area (Å²) in [5.74, 6) is -0.195. The first-order valence-electron chi connectivity index (χ1n) is 8.32. The Morgan fingerprint density at radius 1 is 1.18 bits per heavy atom. The van der Waals surface area contributed by atoms with Crippen LogP contribution >= 0.6 is 11.3 Å². The topological polar surface area (TPSA) is 64.4 Å². The minimum absolute atomic E-state index is 0.0220. The van der Waals surface area contributed by atoms with Crippen molar-refractivity contribution in [1.29, 1.82) is 0 Å². The van der Waals surface area contributed by atoms with E-state index in [0.717, 1.165) is 10.9 Å². The molecule has 0 spiro atoms. The standard InChI is InChI=1S/C20H14F2N2O3S/c1-11-12-6-2-4-8-15(12)26-17(11)18(25)24-20-23-14(10-28-20)13-7-3-5-9-16(13)27-19(21)22/h2-10,19H,1H3,(H,23,24,25). The molecule has 0 aliphatic rings. The summed E-state index contributed by atoms with van der Waals surface area (Å²) in [7, 11) is 0. The summed E-state index contributed by atoms with van der Waals surface area (Å²) in [5, 5.41) is 5.55. The molecule has 28 heavy (non-hydrogen) atoms. The zero-order valence-electron chi connectivity index (χ0n) is 14.6. The second kappa shape index (κ2) is 7.40. The van der Waals surface area contributed by atoms with Gasteiger partial charge < -0.3 is 9.15 Å². The molecule has 1 amide bonds. The summed E-state index contributed by atoms with van der Waals surface area (Å²) in [4.78, 5) is 16.9. The molecule has 5 nitrogen and oxygen atoms in total. The molecule has 8 heteroatoms. The summed E-state index contributed by atoms with van der Waals surface area (Å²) in [6, 6.07) is 13.7. The van der Waals surface area contributed by atoms with Gasteiger partial charge in [0.2, 0.25) is 0 Å². The molecule has 0 radical (unpaired) electrons. The fourth-order valence-electron chi connectivity index (χ4n) is 2.88. The number of carbonyl (C=O) groups excluding carboxylic acids is 1. The van der Waals surface area contributed by atoms with Crippen molar-refractivity contribution >= 4 is 33.3 Å². The number of fused-ring (bicyclic) bond motifs is 1. The number of hydrogen-bond donors (Lipinski definition) is 1. The molecule has 4 aromatic rings. The van der Waals surface area contributed by atoms with Crippen molar-refractivity contribution in [2.45, 2.75) is 13.5 Å². The molecule has 142 valence electrons. The maximum atomic E-state index is 12.6. The van der Waals surface area contributed by atoms with Crippen LogP contribution in [0.15, 0.2) is 58.3 Å². The van der Waals surface area contributed by atoms with Crippen LogP contribution in [0.3, 0.4) is 0 Å². The van der Waals surface area contributed by atoms with Crippen LogP contribution in [-0.4, -0.2) is 17.5 Å². The second-order valence-electron chi connectivity index (χ2n) is 5.92. The minimum atomic E-state index is -2.94. The number of anilines is 1. The fourth-order valence-corrected chi connectivity index (χ4v) is 3.58. The lowest BCUT2D eigenvalue weighted by molar-refractivity contribution is -0.0494. The van der Waals surface area contributed by atoms with Crippen molar-refractivity contribution in [1.82, 2.24) is 4.98 Å². The number of aromatic nitrogens is 1. The maximum Gasteiger partial charge on any atom is 0.387 e. The predicted octanol–water partition coefficient (Wildman–Crippen LogP) is 5.72. The molecule has 4 rings (SSSR count). The van der Waals surface area contributed by atoms with Crippen LogP contribution in [0.4, 0.5) is 13.9 Å². The average molecular weight is 400 g/mol. The van der Waals surface area contributed by atoms with Crippen LogP contribution in [0.1, 0.15) is 16.1 Å². The van der Waals surface area contributed by atoms with Gasteiger partial charge in [-0.3, -0.25) is 10.1 Å². The van der Waals surface area contributed by atoms with Gasteiger partial charge in [0.15, 0.2) is 10.9 Å². The molecule has 2 aromatic carbocycles. The molecule has 0 atom stereocenters. The van der Waals surface area contributed by atoms with Crippen LogP contribution in [0, 0.1) is 6.92 Å². The SMILES string of the molecule is Cc1c(C(=O)Nc2nc(-c3ccccc3OC(F)F)cs2)oc2ccccc12. The van der Waals surface area contributed by atoms with Gasteiger partial charge in [-0.05, 0) is 25.1 Å². The van der Waals surface area contributed by atoms with Gasteiger partial charge in [-0.25, -0.2) is 4.98 Å². The van der Waals surface area contributed by atoms with E-state index in [4.69, 9.17) is 4.42 Å². The molecule has 0 aliphatic carbocycles. The molecule has 0 fully saturated rings. The van der Waals surface area contributed by atoms with E-state index in [2.05, 4.69) is 15.0 Å². The number of amides is 1. The Bertz CT molecular complexity index is 1150. The highest BCUT2D eigenvalue weighted by Crippen LogP contribution is 2.33. The van der Waals surface area contributed by atoms with Crippen molar-refractivity contribution in [3.05, 3.63) is 65.2 Å². The number of nitrogens with one attached hydrogen (secondary N) is 1. The number of benzene rings is 2. The third-order valence-electron chi connectivity index (χ3n) is 4.15. The van der Waals surface area contributed by atoms with E-state index in [0.29, 0.717) is 22.0 Å². The zero-order chi connectivity index (χ0) is 19.7. The highest BCUT2D eigenvalue weighted by molar-refractivity contribution is 7.14. The van der Waals surface area contributed by atoms with Gasteiger partial charge in [0.1, 0.15) is 11.3 Å². The number of halogens is 2. The fraction of sp³-hybridized carbons (Fsp3) is 0.100. The van der Waals surface area contributed by atoms with E-state index >= 15 is 0 Å². The molecule has 0 bridgehead atoms. The zero-order valence-corrected chi connectivity index (χ0v) is 15.4. The number of thiazole rings is 1. The number of furan rings is 1. The largest absolute Gasteiger partial charge is 0.451 e. The summed E-state index contributed by atoms with van der Waals surface area (Å²) in [6.07, 6.45) is 0. The first-order chi connectivity index (χ1) is 13.5. The van der Waals surface area contributed by atoms with Crippen LogP contribution in [-0.2, 0) is 0 Å². The van der Waals surface area contributed by atoms with Gasteiger partial charge in [0.05, 0.1) is 5.69 Å². The van der Waals surface area contributed by atoms with E-state index in [9.17, 15) is 13.6 Å². The van der Waals surface area contributed by atoms with E-state index in [-0.39, 0.29) is 11.5 Å². The molecule has 2 heterocycles. The van der Waals surface area contributed by atoms with Gasteiger partial charge in [-0.15, -0.1) is 11.3 Å². The van der Waals surface area contributed by atoms with Gasteiger partial charge >= 0.3 is 6.61 Å². The van der Waals surface area contributed by atoms with Gasteiger partial charge in [-0.1, -0.05) is 30.3 Å². The van der Waals surface area contributed by atoms with Crippen molar-refractivity contribution in [3.8, 4) is 17.0 Å². The Hall–Kier alpha value is -3.26. The molecule has 0 unspecified atom stereocenters. The highest BCUT2D eigenvalue weighted by atomic mass is 32.1. The van der Waals surface area contributed by atoms with Gasteiger partial charge in [0, 0.05) is 21.9 Å². The number of aryl methyl sites for hydroxylation is 1. The second-order valence-corrected chi connectivity index (χ2v) is 6.78. The van der Waals surface area contributed by atoms with E-state index in [1.165, 1.54) is 17.4 Å². The third-order valence-corrected chi connectivity index (χ3v) is 4.91. The van der Waals surface area contributed by atoms with Crippen LogP contribution in [0.25, 0.3) is 22.2 Å². The minimum Gasteiger partial charge on any atom is -0.451 e. The molecule has 0 saturated carbocycles. The number of carbonyl (C=O) groups is 1.